The van der Waals surface area contributed by atoms with Gasteiger partial charge in [-0.15, -0.1) is 0 Å². The van der Waals surface area contributed by atoms with E-state index in [0.29, 0.717) is 18.9 Å². The smallest absolute Gasteiger partial charge is 0.320 e. The number of carboxylic acids is 2. The standard InChI is InChI=1S/C13H18N2O5/c14-11(13(18)19)7-9-1-3-10(4-2-9)20-6-5-15-8-12(16)17/h1-4,11,15H,5-8,14H2,(H,16,17)(H,18,19). The molecule has 0 saturated carbocycles. The second-order valence-electron chi connectivity index (χ2n) is 4.21. The van der Waals surface area contributed by atoms with Gasteiger partial charge in [-0.1, -0.05) is 12.1 Å². The Balaban J connectivity index is 2.31. The molecule has 1 aromatic rings. The molecule has 0 bridgehead atoms. The van der Waals surface area contributed by atoms with Crippen molar-refractivity contribution in [3.05, 3.63) is 29.8 Å². The second kappa shape index (κ2) is 8.13. The zero-order valence-electron chi connectivity index (χ0n) is 10.9. The van der Waals surface area contributed by atoms with Gasteiger partial charge in [0.2, 0.25) is 0 Å². The minimum absolute atomic E-state index is 0.102. The van der Waals surface area contributed by atoms with Crippen LogP contribution in [0.2, 0.25) is 0 Å². The van der Waals surface area contributed by atoms with Crippen LogP contribution in [0.1, 0.15) is 5.56 Å². The van der Waals surface area contributed by atoms with E-state index in [-0.39, 0.29) is 13.0 Å². The molecule has 0 amide bonds. The summed E-state index contributed by atoms with van der Waals surface area (Å²) in [4.78, 5) is 20.9. The van der Waals surface area contributed by atoms with Gasteiger partial charge in [0, 0.05) is 6.54 Å². The summed E-state index contributed by atoms with van der Waals surface area (Å²) in [6.07, 6.45) is 0.260. The summed E-state index contributed by atoms with van der Waals surface area (Å²) in [7, 11) is 0. The molecular formula is C13H18N2O5. The molecule has 5 N–H and O–H groups in total. The molecule has 0 radical (unpaired) electrons. The minimum Gasteiger partial charge on any atom is -0.492 e. The van der Waals surface area contributed by atoms with Crippen LogP contribution in [0.25, 0.3) is 0 Å². The summed E-state index contributed by atoms with van der Waals surface area (Å²) in [6.45, 7) is 0.675. The molecule has 1 rings (SSSR count). The minimum atomic E-state index is -1.03. The topological polar surface area (TPSA) is 122 Å². The monoisotopic (exact) mass is 282 g/mol. The summed E-state index contributed by atoms with van der Waals surface area (Å²) in [6, 6.07) is 6.04. The van der Waals surface area contributed by atoms with E-state index in [4.69, 9.17) is 20.7 Å². The van der Waals surface area contributed by atoms with Gasteiger partial charge in [-0.3, -0.25) is 9.59 Å². The van der Waals surface area contributed by atoms with Crippen LogP contribution in [0.5, 0.6) is 5.75 Å². The molecule has 7 nitrogen and oxygen atoms in total. The number of aliphatic carboxylic acids is 2. The normalized spacial score (nSPS) is 11.8. The van der Waals surface area contributed by atoms with Gasteiger partial charge in [0.1, 0.15) is 18.4 Å². The van der Waals surface area contributed by atoms with Crippen LogP contribution in [0.4, 0.5) is 0 Å². The lowest BCUT2D eigenvalue weighted by Gasteiger charge is -2.09. The van der Waals surface area contributed by atoms with E-state index in [0.717, 1.165) is 5.56 Å². The van der Waals surface area contributed by atoms with Crippen LogP contribution < -0.4 is 15.8 Å². The summed E-state index contributed by atoms with van der Waals surface area (Å²) in [5, 5.41) is 19.8. The Kier molecular flexibility index (Phi) is 6.48. The third-order valence-corrected chi connectivity index (χ3v) is 2.52. The predicted molar refractivity (Wildman–Crippen MR) is 71.8 cm³/mol. The number of benzene rings is 1. The lowest BCUT2D eigenvalue weighted by atomic mass is 10.1. The van der Waals surface area contributed by atoms with Crippen LogP contribution in [0, 0.1) is 0 Å². The molecule has 0 spiro atoms. The molecule has 1 atom stereocenters. The first-order valence-electron chi connectivity index (χ1n) is 6.11. The molecule has 0 heterocycles. The number of carbonyl (C=O) groups is 2. The molecule has 0 aliphatic heterocycles. The van der Waals surface area contributed by atoms with E-state index in [1.165, 1.54) is 0 Å². The van der Waals surface area contributed by atoms with Crippen molar-refractivity contribution < 1.29 is 24.5 Å². The first kappa shape index (κ1) is 15.9. The summed E-state index contributed by atoms with van der Waals surface area (Å²) in [5.74, 6) is -1.31. The van der Waals surface area contributed by atoms with E-state index in [1.807, 2.05) is 0 Å². The largest absolute Gasteiger partial charge is 0.492 e. The van der Waals surface area contributed by atoms with Crippen molar-refractivity contribution >= 4 is 11.9 Å². The summed E-state index contributed by atoms with van der Waals surface area (Å²) in [5.41, 5.74) is 6.25. The lowest BCUT2D eigenvalue weighted by molar-refractivity contribution is -0.138. The fraction of sp³-hybridized carbons (Fsp3) is 0.385. The first-order valence-corrected chi connectivity index (χ1v) is 6.11. The van der Waals surface area contributed by atoms with Gasteiger partial charge >= 0.3 is 11.9 Å². The molecule has 0 saturated heterocycles. The van der Waals surface area contributed by atoms with Crippen LogP contribution in [-0.2, 0) is 16.0 Å². The predicted octanol–water partition coefficient (Wildman–Crippen LogP) is -0.306. The highest BCUT2D eigenvalue weighted by atomic mass is 16.5. The molecule has 110 valence electrons. The van der Waals surface area contributed by atoms with E-state index in [9.17, 15) is 9.59 Å². The Bertz CT molecular complexity index is 447. The number of nitrogens with one attached hydrogen (secondary N) is 1. The fourth-order valence-corrected chi connectivity index (χ4v) is 1.50. The number of hydrogen-bond donors (Lipinski definition) is 4. The van der Waals surface area contributed by atoms with Crippen molar-refractivity contribution in [2.24, 2.45) is 5.73 Å². The van der Waals surface area contributed by atoms with E-state index >= 15 is 0 Å². The maximum absolute atomic E-state index is 10.6. The maximum Gasteiger partial charge on any atom is 0.320 e. The maximum atomic E-state index is 10.6. The Labute approximate surface area is 116 Å². The van der Waals surface area contributed by atoms with Crippen molar-refractivity contribution in [2.75, 3.05) is 19.7 Å². The molecule has 0 fully saturated rings. The highest BCUT2D eigenvalue weighted by molar-refractivity contribution is 5.73. The highest BCUT2D eigenvalue weighted by Gasteiger charge is 2.11. The first-order chi connectivity index (χ1) is 9.49. The quantitative estimate of drug-likeness (QED) is 0.458. The van der Waals surface area contributed by atoms with Crippen LogP contribution >= 0.6 is 0 Å². The number of nitrogens with two attached hydrogens (primary N) is 1. The van der Waals surface area contributed by atoms with Gasteiger partial charge < -0.3 is 26.0 Å². The van der Waals surface area contributed by atoms with Crippen molar-refractivity contribution in [3.8, 4) is 5.75 Å². The fourth-order valence-electron chi connectivity index (χ4n) is 1.50. The highest BCUT2D eigenvalue weighted by Crippen LogP contribution is 2.13. The third-order valence-electron chi connectivity index (χ3n) is 2.52. The van der Waals surface area contributed by atoms with Crippen molar-refractivity contribution in [3.63, 3.8) is 0 Å². The van der Waals surface area contributed by atoms with Crippen LogP contribution in [0.3, 0.4) is 0 Å². The third kappa shape index (κ3) is 6.17. The summed E-state index contributed by atoms with van der Waals surface area (Å²) >= 11 is 0. The molecule has 1 unspecified atom stereocenters. The average Bonchev–Trinajstić information content (AvgIpc) is 2.39. The van der Waals surface area contributed by atoms with Crippen molar-refractivity contribution in [1.82, 2.24) is 5.32 Å². The van der Waals surface area contributed by atoms with Crippen LogP contribution in [0.15, 0.2) is 24.3 Å². The Hall–Kier alpha value is -2.12. The molecule has 0 aliphatic rings. The van der Waals surface area contributed by atoms with Gasteiger partial charge in [-0.25, -0.2) is 0 Å². The SMILES string of the molecule is NC(Cc1ccc(OCCNCC(=O)O)cc1)C(=O)O. The van der Waals surface area contributed by atoms with Gasteiger partial charge in [0.05, 0.1) is 6.54 Å². The molecule has 20 heavy (non-hydrogen) atoms. The molecular weight excluding hydrogens is 264 g/mol. The van der Waals surface area contributed by atoms with Crippen molar-refractivity contribution in [1.29, 1.82) is 0 Å². The summed E-state index contributed by atoms with van der Waals surface area (Å²) < 4.78 is 5.39. The average molecular weight is 282 g/mol. The Morgan fingerprint density at radius 2 is 1.90 bits per heavy atom. The van der Waals surface area contributed by atoms with Gasteiger partial charge in [-0.05, 0) is 24.1 Å². The second-order valence-corrected chi connectivity index (χ2v) is 4.21. The van der Waals surface area contributed by atoms with Gasteiger partial charge in [-0.2, -0.15) is 0 Å². The number of hydrogen-bond acceptors (Lipinski definition) is 5. The lowest BCUT2D eigenvalue weighted by Crippen LogP contribution is -2.32. The van der Waals surface area contributed by atoms with Gasteiger partial charge in [0.15, 0.2) is 0 Å². The van der Waals surface area contributed by atoms with E-state index in [2.05, 4.69) is 5.32 Å². The number of rotatable bonds is 9. The Morgan fingerprint density at radius 3 is 2.45 bits per heavy atom. The van der Waals surface area contributed by atoms with Crippen LogP contribution in [-0.4, -0.2) is 47.9 Å². The number of carboxylic acid groups (broad SMARTS) is 2. The Morgan fingerprint density at radius 1 is 1.25 bits per heavy atom. The van der Waals surface area contributed by atoms with Crippen molar-refractivity contribution in [2.45, 2.75) is 12.5 Å². The van der Waals surface area contributed by atoms with E-state index in [1.54, 1.807) is 24.3 Å². The molecule has 0 aliphatic carbocycles. The molecule has 1 aromatic carbocycles. The zero-order chi connectivity index (χ0) is 15.0. The number of ether oxygens (including phenoxy) is 1. The van der Waals surface area contributed by atoms with E-state index < -0.39 is 18.0 Å². The van der Waals surface area contributed by atoms with Gasteiger partial charge in [0.25, 0.3) is 0 Å². The zero-order valence-corrected chi connectivity index (χ0v) is 10.9. The molecule has 0 aromatic heterocycles. The molecule has 7 heteroatoms.